The first-order valence-corrected chi connectivity index (χ1v) is 4.40. The van der Waals surface area contributed by atoms with Gasteiger partial charge < -0.3 is 9.47 Å². The lowest BCUT2D eigenvalue weighted by atomic mass is 10.2. The van der Waals surface area contributed by atoms with Crippen molar-refractivity contribution in [2.45, 2.75) is 32.2 Å². The maximum Gasteiger partial charge on any atom is 0.163 e. The lowest BCUT2D eigenvalue weighted by molar-refractivity contribution is -0.140. The molecule has 2 aliphatic rings. The van der Waals surface area contributed by atoms with Crippen molar-refractivity contribution in [2.24, 2.45) is 11.8 Å². The van der Waals surface area contributed by atoms with Crippen molar-refractivity contribution in [3.8, 4) is 12.3 Å². The van der Waals surface area contributed by atoms with Crippen molar-refractivity contribution < 1.29 is 9.47 Å². The molecular formula is C10H14O2. The molecule has 1 saturated carbocycles. The van der Waals surface area contributed by atoms with E-state index in [2.05, 4.69) is 5.92 Å². The molecule has 1 heterocycles. The molecule has 0 spiro atoms. The largest absolute Gasteiger partial charge is 0.348 e. The molecule has 0 bridgehead atoms. The monoisotopic (exact) mass is 166 g/mol. The molecule has 2 fully saturated rings. The summed E-state index contributed by atoms with van der Waals surface area (Å²) in [6, 6.07) is 0. The quantitative estimate of drug-likeness (QED) is 0.548. The van der Waals surface area contributed by atoms with Gasteiger partial charge in [0.05, 0.1) is 12.7 Å². The Morgan fingerprint density at radius 1 is 1.50 bits per heavy atom. The summed E-state index contributed by atoms with van der Waals surface area (Å²) >= 11 is 0. The van der Waals surface area contributed by atoms with Crippen LogP contribution in [0, 0.1) is 24.2 Å². The van der Waals surface area contributed by atoms with Gasteiger partial charge in [0.15, 0.2) is 5.79 Å². The van der Waals surface area contributed by atoms with Gasteiger partial charge in [-0.15, -0.1) is 12.3 Å². The second-order valence-corrected chi connectivity index (χ2v) is 4.04. The Bertz CT molecular complexity index is 226. The van der Waals surface area contributed by atoms with Crippen LogP contribution in [-0.4, -0.2) is 18.5 Å². The summed E-state index contributed by atoms with van der Waals surface area (Å²) in [5, 5.41) is 0. The van der Waals surface area contributed by atoms with Gasteiger partial charge in [-0.1, -0.05) is 0 Å². The summed E-state index contributed by atoms with van der Waals surface area (Å²) in [5.74, 6) is 3.35. The van der Waals surface area contributed by atoms with Gasteiger partial charge in [-0.3, -0.25) is 0 Å². The minimum absolute atomic E-state index is 0.237. The van der Waals surface area contributed by atoms with Crippen LogP contribution in [0.25, 0.3) is 0 Å². The molecule has 0 amide bonds. The van der Waals surface area contributed by atoms with Crippen LogP contribution in [0.3, 0.4) is 0 Å². The number of rotatable bonds is 1. The fourth-order valence-electron chi connectivity index (χ4n) is 1.74. The number of terminal acetylenes is 1. The average molecular weight is 166 g/mol. The zero-order valence-electron chi connectivity index (χ0n) is 7.54. The van der Waals surface area contributed by atoms with E-state index in [1.54, 1.807) is 0 Å². The molecule has 3 atom stereocenters. The summed E-state index contributed by atoms with van der Waals surface area (Å²) in [6.45, 7) is 4.59. The number of hydrogen-bond acceptors (Lipinski definition) is 2. The maximum absolute atomic E-state index is 5.69. The van der Waals surface area contributed by atoms with E-state index < -0.39 is 5.79 Å². The van der Waals surface area contributed by atoms with E-state index in [-0.39, 0.29) is 6.10 Å². The first-order valence-electron chi connectivity index (χ1n) is 4.40. The second kappa shape index (κ2) is 2.48. The van der Waals surface area contributed by atoms with Crippen LogP contribution >= 0.6 is 0 Å². The van der Waals surface area contributed by atoms with Crippen LogP contribution < -0.4 is 0 Å². The van der Waals surface area contributed by atoms with Crippen LogP contribution in [0.5, 0.6) is 0 Å². The summed E-state index contributed by atoms with van der Waals surface area (Å²) in [6.07, 6.45) is 6.66. The standard InChI is InChI=1S/C10H14O2/c1-4-7-5-8(7)9-6-11-10(2,3)12-9/h1,7-9H,5-6H2,2-3H3/t7-,8-,9?/m1/s1. The predicted octanol–water partition coefficient (Wildman–Crippen LogP) is 1.41. The molecule has 0 aromatic rings. The second-order valence-electron chi connectivity index (χ2n) is 4.04. The molecule has 0 aromatic carbocycles. The Morgan fingerprint density at radius 2 is 2.25 bits per heavy atom. The van der Waals surface area contributed by atoms with E-state index in [1.165, 1.54) is 0 Å². The summed E-state index contributed by atoms with van der Waals surface area (Å²) < 4.78 is 11.1. The van der Waals surface area contributed by atoms with Crippen LogP contribution in [0.15, 0.2) is 0 Å². The topological polar surface area (TPSA) is 18.5 Å². The Kier molecular flexibility index (Phi) is 1.67. The van der Waals surface area contributed by atoms with Crippen molar-refractivity contribution in [1.82, 2.24) is 0 Å². The van der Waals surface area contributed by atoms with E-state index >= 15 is 0 Å². The van der Waals surface area contributed by atoms with Crippen molar-refractivity contribution in [3.63, 3.8) is 0 Å². The van der Waals surface area contributed by atoms with Gasteiger partial charge in [-0.25, -0.2) is 0 Å². The average Bonchev–Trinajstić information content (AvgIpc) is 2.70. The van der Waals surface area contributed by atoms with Gasteiger partial charge in [0, 0.05) is 11.8 Å². The first kappa shape index (κ1) is 8.10. The molecule has 1 unspecified atom stereocenters. The van der Waals surface area contributed by atoms with E-state index in [1.807, 2.05) is 13.8 Å². The van der Waals surface area contributed by atoms with E-state index in [0.717, 1.165) is 6.42 Å². The summed E-state index contributed by atoms with van der Waals surface area (Å²) in [5.41, 5.74) is 0. The van der Waals surface area contributed by atoms with Crippen LogP contribution in [0.4, 0.5) is 0 Å². The molecule has 0 aromatic heterocycles. The van der Waals surface area contributed by atoms with Gasteiger partial charge in [0.2, 0.25) is 0 Å². The highest BCUT2D eigenvalue weighted by atomic mass is 16.7. The molecule has 1 aliphatic carbocycles. The molecule has 0 radical (unpaired) electrons. The smallest absolute Gasteiger partial charge is 0.163 e. The normalized spacial score (nSPS) is 43.9. The molecule has 2 heteroatoms. The molecular weight excluding hydrogens is 152 g/mol. The fourth-order valence-corrected chi connectivity index (χ4v) is 1.74. The fraction of sp³-hybridized carbons (Fsp3) is 0.800. The van der Waals surface area contributed by atoms with Gasteiger partial charge in [-0.05, 0) is 20.3 Å². The van der Waals surface area contributed by atoms with Crippen molar-refractivity contribution >= 4 is 0 Å². The van der Waals surface area contributed by atoms with Gasteiger partial charge in [0.25, 0.3) is 0 Å². The van der Waals surface area contributed by atoms with Crippen LogP contribution in [0.2, 0.25) is 0 Å². The molecule has 2 nitrogen and oxygen atoms in total. The molecule has 12 heavy (non-hydrogen) atoms. The lowest BCUT2D eigenvalue weighted by Gasteiger charge is -2.16. The van der Waals surface area contributed by atoms with E-state index in [9.17, 15) is 0 Å². The predicted molar refractivity (Wildman–Crippen MR) is 45.3 cm³/mol. The molecule has 1 saturated heterocycles. The Hall–Kier alpha value is -0.520. The third kappa shape index (κ3) is 1.35. The minimum Gasteiger partial charge on any atom is -0.348 e. The lowest BCUT2D eigenvalue weighted by Crippen LogP contribution is -2.22. The molecule has 1 aliphatic heterocycles. The zero-order valence-corrected chi connectivity index (χ0v) is 7.54. The highest BCUT2D eigenvalue weighted by molar-refractivity contribution is 5.10. The van der Waals surface area contributed by atoms with Gasteiger partial charge in [0.1, 0.15) is 0 Å². The minimum atomic E-state index is -0.396. The molecule has 0 N–H and O–H groups in total. The van der Waals surface area contributed by atoms with E-state index in [4.69, 9.17) is 15.9 Å². The number of ether oxygens (including phenoxy) is 2. The van der Waals surface area contributed by atoms with Gasteiger partial charge in [-0.2, -0.15) is 0 Å². The third-order valence-electron chi connectivity index (χ3n) is 2.56. The van der Waals surface area contributed by atoms with E-state index in [0.29, 0.717) is 18.4 Å². The Morgan fingerprint density at radius 3 is 2.67 bits per heavy atom. The highest BCUT2D eigenvalue weighted by Gasteiger charge is 2.48. The Balaban J connectivity index is 1.90. The molecule has 2 rings (SSSR count). The number of hydrogen-bond donors (Lipinski definition) is 0. The summed E-state index contributed by atoms with van der Waals surface area (Å²) in [7, 11) is 0. The van der Waals surface area contributed by atoms with Crippen LogP contribution in [0.1, 0.15) is 20.3 Å². The van der Waals surface area contributed by atoms with Crippen molar-refractivity contribution in [3.05, 3.63) is 0 Å². The van der Waals surface area contributed by atoms with Crippen LogP contribution in [-0.2, 0) is 9.47 Å². The third-order valence-corrected chi connectivity index (χ3v) is 2.56. The van der Waals surface area contributed by atoms with Gasteiger partial charge >= 0.3 is 0 Å². The SMILES string of the molecule is C#C[C@@H]1C[C@H]1C1COC(C)(C)O1. The first-order chi connectivity index (χ1) is 5.62. The maximum atomic E-state index is 5.69. The molecule has 66 valence electrons. The van der Waals surface area contributed by atoms with Crippen molar-refractivity contribution in [1.29, 1.82) is 0 Å². The van der Waals surface area contributed by atoms with Crippen molar-refractivity contribution in [2.75, 3.05) is 6.61 Å². The zero-order chi connectivity index (χ0) is 8.77. The highest BCUT2D eigenvalue weighted by Crippen LogP contribution is 2.45. The summed E-state index contributed by atoms with van der Waals surface area (Å²) in [4.78, 5) is 0. The Labute approximate surface area is 73.2 Å².